The average molecular weight is 1430 g/mol. The Bertz CT molecular complexity index is 6400. The van der Waals surface area contributed by atoms with Crippen LogP contribution in [0.1, 0.15) is 0 Å². The lowest BCUT2D eigenvalue weighted by Gasteiger charge is -2.48. The minimum atomic E-state index is -0.312. The Morgan fingerprint density at radius 1 is 0.188 bits per heavy atom. The van der Waals surface area contributed by atoms with Crippen molar-refractivity contribution < 1.29 is 0 Å². The molecular weight excluding hydrogens is 1360 g/mol. The Labute approximate surface area is 650 Å². The van der Waals surface area contributed by atoms with Crippen LogP contribution in [-0.4, -0.2) is 22.6 Å². The maximum Gasteiger partial charge on any atom is 0.252 e. The van der Waals surface area contributed by atoms with Crippen molar-refractivity contribution in [2.75, 3.05) is 29.4 Å². The first-order chi connectivity index (χ1) is 55.7. The van der Waals surface area contributed by atoms with E-state index in [4.69, 9.17) is 0 Å². The number of anilines is 18. The second-order valence-corrected chi connectivity index (χ2v) is 29.5. The van der Waals surface area contributed by atoms with Crippen molar-refractivity contribution in [3.63, 3.8) is 0 Å². The van der Waals surface area contributed by atoms with Crippen molar-refractivity contribution in [1.82, 2.24) is 9.13 Å². The van der Waals surface area contributed by atoms with Gasteiger partial charge in [0.1, 0.15) is 0 Å². The molecule has 6 heterocycles. The third-order valence-corrected chi connectivity index (χ3v) is 23.5. The highest BCUT2D eigenvalue weighted by atomic mass is 15.2. The highest BCUT2D eigenvalue weighted by Gasteiger charge is 2.50. The predicted molar refractivity (Wildman–Crippen MR) is 473 cm³/mol. The van der Waals surface area contributed by atoms with E-state index >= 15 is 0 Å². The largest absolute Gasteiger partial charge is 0.311 e. The molecular formula is C102H68B2N8. The highest BCUT2D eigenvalue weighted by molar-refractivity contribution is 7.03. The summed E-state index contributed by atoms with van der Waals surface area (Å²) >= 11 is 0. The molecule has 4 aliphatic heterocycles. The molecule has 0 N–H and O–H groups in total. The van der Waals surface area contributed by atoms with Crippen molar-refractivity contribution in [2.24, 2.45) is 0 Å². The number of rotatable bonds is 12. The molecule has 0 bridgehead atoms. The van der Waals surface area contributed by atoms with Crippen molar-refractivity contribution in [3.05, 3.63) is 413 Å². The van der Waals surface area contributed by atoms with E-state index in [-0.39, 0.29) is 13.4 Å². The number of para-hydroxylation sites is 12. The lowest BCUT2D eigenvalue weighted by molar-refractivity contribution is 1.18. The van der Waals surface area contributed by atoms with Gasteiger partial charge in [-0.05, 0) is 209 Å². The smallest absolute Gasteiger partial charge is 0.252 e. The maximum atomic E-state index is 2.69. The number of benzene rings is 17. The number of fused-ring (bicyclic) bond motifs is 16. The number of hydrogen-bond acceptors (Lipinski definition) is 6. The van der Waals surface area contributed by atoms with E-state index in [0.29, 0.717) is 0 Å². The zero-order chi connectivity index (χ0) is 73.5. The highest BCUT2D eigenvalue weighted by Crippen LogP contribution is 2.55. The summed E-state index contributed by atoms with van der Waals surface area (Å²) < 4.78 is 4.96. The molecule has 0 unspecified atom stereocenters. The topological polar surface area (TPSA) is 29.3 Å². The summed E-state index contributed by atoms with van der Waals surface area (Å²) in [5.41, 5.74) is 33.5. The van der Waals surface area contributed by atoms with E-state index < -0.39 is 0 Å². The molecule has 23 rings (SSSR count). The van der Waals surface area contributed by atoms with Gasteiger partial charge in [0.2, 0.25) is 0 Å². The molecule has 0 atom stereocenters. The van der Waals surface area contributed by atoms with Crippen LogP contribution < -0.4 is 62.2 Å². The Morgan fingerprint density at radius 3 is 0.777 bits per heavy atom. The van der Waals surface area contributed by atoms with Gasteiger partial charge in [-0.1, -0.05) is 237 Å². The fraction of sp³-hybridized carbons (Fsp3) is 0. The van der Waals surface area contributed by atoms with Gasteiger partial charge in [-0.15, -0.1) is 0 Å². The van der Waals surface area contributed by atoms with Gasteiger partial charge >= 0.3 is 0 Å². The summed E-state index contributed by atoms with van der Waals surface area (Å²) in [6, 6.07) is 153. The minimum absolute atomic E-state index is 0.312. The van der Waals surface area contributed by atoms with Crippen molar-refractivity contribution in [2.45, 2.75) is 0 Å². The van der Waals surface area contributed by atoms with Gasteiger partial charge in [-0.25, -0.2) is 0 Å². The fourth-order valence-corrected chi connectivity index (χ4v) is 19.1. The van der Waals surface area contributed by atoms with E-state index in [0.717, 1.165) is 136 Å². The normalized spacial score (nSPS) is 12.9. The van der Waals surface area contributed by atoms with E-state index in [2.05, 4.69) is 451 Å². The number of nitrogens with zero attached hydrogens (tertiary/aromatic N) is 8. The molecule has 0 saturated heterocycles. The van der Waals surface area contributed by atoms with Gasteiger partial charge in [-0.2, -0.15) is 0 Å². The van der Waals surface area contributed by atoms with Crippen LogP contribution >= 0.6 is 0 Å². The molecule has 112 heavy (non-hydrogen) atoms. The summed E-state index contributed by atoms with van der Waals surface area (Å²) in [7, 11) is 0. The number of aromatic nitrogens is 2. The van der Waals surface area contributed by atoms with E-state index in [9.17, 15) is 0 Å². The monoisotopic (exact) mass is 1430 g/mol. The molecule has 8 nitrogen and oxygen atoms in total. The van der Waals surface area contributed by atoms with Gasteiger partial charge in [0.05, 0.1) is 44.8 Å². The van der Waals surface area contributed by atoms with Crippen LogP contribution in [0, 0.1) is 0 Å². The first kappa shape index (κ1) is 63.4. The molecule has 522 valence electrons. The van der Waals surface area contributed by atoms with Crippen molar-refractivity contribution in [3.8, 4) is 11.4 Å². The number of hydrogen-bond donors (Lipinski definition) is 0. The third kappa shape index (κ3) is 9.58. The Hall–Kier alpha value is -14.7. The Kier molecular flexibility index (Phi) is 14.4. The molecule has 0 spiro atoms. The first-order valence-electron chi connectivity index (χ1n) is 38.6. The van der Waals surface area contributed by atoms with Crippen LogP contribution in [0.25, 0.3) is 55.0 Å². The summed E-state index contributed by atoms with van der Waals surface area (Å²) in [5.74, 6) is 0. The average Bonchev–Trinajstić information content (AvgIpc) is 1.04. The third-order valence-electron chi connectivity index (χ3n) is 23.5. The van der Waals surface area contributed by atoms with Crippen LogP contribution in [0.2, 0.25) is 0 Å². The van der Waals surface area contributed by atoms with Gasteiger partial charge in [-0.3, -0.25) is 0 Å². The molecule has 19 aromatic rings. The Morgan fingerprint density at radius 2 is 0.455 bits per heavy atom. The van der Waals surface area contributed by atoms with Crippen LogP contribution in [-0.2, 0) is 0 Å². The molecule has 0 radical (unpaired) electrons. The van der Waals surface area contributed by atoms with Crippen LogP contribution in [0.15, 0.2) is 413 Å². The standard InChI is InChI=1S/C102H68B2N8/c1-11-35-69(36-12-1)105(70-37-13-2-14-38-70)79-63-93-99-95(65-79)111(77-51-27-9-28-52-77)101-83(59-61-89-97(101)81-55-31-33-57-87(81)107(89)73-43-19-5-20-44-73)103(99)85-67-86-92(68-91(85)109(93)75-47-23-7-24-48-75)110(76-49-25-8-26-50-76)94-64-80(106(71-39-15-3-16-40-71)72-41-17-4-18-42-72)66-96-100(94)104(86)84-60-62-90-98(102(84)112(96)78-53-29-10-30-54-78)82-56-32-34-58-88(82)108(90)74-45-21-6-22-46-74/h1-68H. The van der Waals surface area contributed by atoms with Crippen molar-refractivity contribution in [1.29, 1.82) is 0 Å². The Balaban J connectivity index is 0.892. The summed E-state index contributed by atoms with van der Waals surface area (Å²) in [4.78, 5) is 15.4. The zero-order valence-electron chi connectivity index (χ0n) is 61.0. The van der Waals surface area contributed by atoms with Crippen LogP contribution in [0.3, 0.4) is 0 Å². The van der Waals surface area contributed by atoms with Gasteiger partial charge in [0.25, 0.3) is 13.4 Å². The molecule has 10 heteroatoms. The molecule has 4 aliphatic rings. The molecule has 0 amide bonds. The van der Waals surface area contributed by atoms with Crippen LogP contribution in [0.4, 0.5) is 102 Å². The van der Waals surface area contributed by atoms with E-state index in [1.807, 2.05) is 0 Å². The molecule has 0 saturated carbocycles. The molecule has 0 fully saturated rings. The van der Waals surface area contributed by atoms with Gasteiger partial charge in [0.15, 0.2) is 0 Å². The summed E-state index contributed by atoms with van der Waals surface area (Å²) in [5, 5.41) is 4.75. The second-order valence-electron chi connectivity index (χ2n) is 29.5. The van der Waals surface area contributed by atoms with Crippen molar-refractivity contribution >= 4 is 192 Å². The molecule has 17 aromatic carbocycles. The quantitative estimate of drug-likeness (QED) is 0.113. The summed E-state index contributed by atoms with van der Waals surface area (Å²) in [6.45, 7) is -0.623. The lowest BCUT2D eigenvalue weighted by Crippen LogP contribution is -2.65. The molecule has 2 aromatic heterocycles. The summed E-state index contributed by atoms with van der Waals surface area (Å²) in [6.07, 6.45) is 0. The maximum absolute atomic E-state index is 2.69. The van der Waals surface area contributed by atoms with Crippen LogP contribution in [0.5, 0.6) is 0 Å². The fourth-order valence-electron chi connectivity index (χ4n) is 19.1. The zero-order valence-corrected chi connectivity index (χ0v) is 61.0. The SMILES string of the molecule is c1ccc(N(c2ccccc2)c2cc3c4c(c2)N(c2ccccc2)c2c(ccc5c2c2ccccc2n5-c2ccccc2)B4c2cc4c(cc2N3c2ccccc2)N(c2ccccc2)c2cc(N(c3ccccc3)c3ccccc3)cc3c2B4c2ccc4c(c2N3c2ccccc2)c2ccccc2n4-c2ccccc2)cc1. The molecule has 0 aliphatic carbocycles. The first-order valence-corrected chi connectivity index (χ1v) is 38.6. The lowest BCUT2D eigenvalue weighted by atomic mass is 9.30. The van der Waals surface area contributed by atoms with Gasteiger partial charge < -0.3 is 38.5 Å². The second kappa shape index (κ2) is 25.5. The minimum Gasteiger partial charge on any atom is -0.311 e. The van der Waals surface area contributed by atoms with E-state index in [1.165, 1.54) is 54.3 Å². The van der Waals surface area contributed by atoms with Gasteiger partial charge in [0, 0.05) is 113 Å². The van der Waals surface area contributed by atoms with E-state index in [1.54, 1.807) is 0 Å². The predicted octanol–water partition coefficient (Wildman–Crippen LogP) is 23.0.